The number of carbonyl (C=O) groups excluding carboxylic acids is 2. The minimum Gasteiger partial charge on any atom is -0.443 e. The molecule has 1 fully saturated rings. The third kappa shape index (κ3) is 4.97. The fraction of sp³-hybridized carbons (Fsp3) is 0.611. The lowest BCUT2D eigenvalue weighted by atomic mass is 10.1. The van der Waals surface area contributed by atoms with Gasteiger partial charge in [-0.1, -0.05) is 0 Å². The molecule has 0 radical (unpaired) electrons. The minimum atomic E-state index is -0.768. The Morgan fingerprint density at radius 2 is 2.31 bits per heavy atom. The van der Waals surface area contributed by atoms with Crippen LogP contribution in [-0.4, -0.2) is 93.6 Å². The zero-order chi connectivity index (χ0) is 21.0. The monoisotopic (exact) mass is 406 g/mol. The van der Waals surface area contributed by atoms with Crippen molar-refractivity contribution in [2.24, 2.45) is 10.7 Å². The summed E-state index contributed by atoms with van der Waals surface area (Å²) in [5, 5.41) is 5.53. The Morgan fingerprint density at radius 1 is 1.52 bits per heavy atom. The van der Waals surface area contributed by atoms with E-state index in [1.807, 2.05) is 4.90 Å². The van der Waals surface area contributed by atoms with Crippen LogP contribution in [0.15, 0.2) is 16.3 Å². The number of nitrogens with two attached hydrogens (primary N) is 1. The molecule has 2 amide bonds. The van der Waals surface area contributed by atoms with Gasteiger partial charge in [0.05, 0.1) is 12.9 Å². The first-order valence-corrected chi connectivity index (χ1v) is 9.23. The maximum absolute atomic E-state index is 12.4. The minimum absolute atomic E-state index is 0.290. The lowest BCUT2D eigenvalue weighted by molar-refractivity contribution is -0.118. The Hall–Kier alpha value is -2.81. The van der Waals surface area contributed by atoms with Crippen LogP contribution in [0.5, 0.6) is 0 Å². The molecule has 0 spiro atoms. The van der Waals surface area contributed by atoms with Crippen molar-refractivity contribution in [1.82, 2.24) is 20.4 Å². The van der Waals surface area contributed by atoms with E-state index in [1.54, 1.807) is 27.5 Å². The molecular weight excluding hydrogens is 380 g/mol. The average molecular weight is 406 g/mol. The van der Waals surface area contributed by atoms with Crippen LogP contribution in [0, 0.1) is 12.0 Å². The molecule has 2 unspecified atom stereocenters. The van der Waals surface area contributed by atoms with Gasteiger partial charge in [-0.3, -0.25) is 4.79 Å². The summed E-state index contributed by atoms with van der Waals surface area (Å²) < 4.78 is 16.8. The number of hydrogen-bond acceptors (Lipinski definition) is 9. The molecule has 0 aromatic carbocycles. The molecule has 0 aliphatic carbocycles. The molecule has 11 heteroatoms. The van der Waals surface area contributed by atoms with Crippen molar-refractivity contribution in [2.45, 2.75) is 31.0 Å². The Morgan fingerprint density at radius 3 is 3.03 bits per heavy atom. The van der Waals surface area contributed by atoms with E-state index < -0.39 is 24.5 Å². The highest BCUT2D eigenvalue weighted by molar-refractivity contribution is 5.96. The third-order valence-electron chi connectivity index (χ3n) is 4.66. The zero-order valence-corrected chi connectivity index (χ0v) is 16.7. The third-order valence-corrected chi connectivity index (χ3v) is 4.66. The Kier molecular flexibility index (Phi) is 6.58. The SMILES string of the molecule is COCC1O[C@@H](N2C=NC3=C(CNC#CC(N)NC3=O)C2)C[C@@H]1OC(=O)N(C)C. The predicted octanol–water partition coefficient (Wildman–Crippen LogP) is -1.62. The van der Waals surface area contributed by atoms with Crippen molar-refractivity contribution in [2.75, 3.05) is 40.9 Å². The first-order valence-electron chi connectivity index (χ1n) is 9.23. The van der Waals surface area contributed by atoms with Crippen molar-refractivity contribution >= 4 is 18.3 Å². The van der Waals surface area contributed by atoms with Gasteiger partial charge in [0.25, 0.3) is 5.91 Å². The second-order valence-corrected chi connectivity index (χ2v) is 7.08. The summed E-state index contributed by atoms with van der Waals surface area (Å²) in [5.74, 6) is 2.31. The highest BCUT2D eigenvalue weighted by Crippen LogP contribution is 2.28. The quantitative estimate of drug-likeness (QED) is 0.475. The van der Waals surface area contributed by atoms with Crippen LogP contribution >= 0.6 is 0 Å². The van der Waals surface area contributed by atoms with Gasteiger partial charge < -0.3 is 40.4 Å². The van der Waals surface area contributed by atoms with Crippen molar-refractivity contribution in [3.63, 3.8) is 0 Å². The Labute approximate surface area is 169 Å². The molecule has 1 saturated heterocycles. The molecular formula is C18H26N6O5. The van der Waals surface area contributed by atoms with E-state index >= 15 is 0 Å². The summed E-state index contributed by atoms with van der Waals surface area (Å²) in [6.07, 6.45) is -0.426. The number of hydrogen-bond donors (Lipinski definition) is 3. The Balaban J connectivity index is 1.70. The molecule has 29 heavy (non-hydrogen) atoms. The molecule has 3 rings (SSSR count). The molecule has 3 aliphatic rings. The Bertz CT molecular complexity index is 770. The zero-order valence-electron chi connectivity index (χ0n) is 16.7. The molecule has 4 atom stereocenters. The fourth-order valence-electron chi connectivity index (χ4n) is 3.20. The van der Waals surface area contributed by atoms with Crippen LogP contribution in [0.2, 0.25) is 0 Å². The van der Waals surface area contributed by atoms with Crippen LogP contribution in [0.1, 0.15) is 6.42 Å². The normalized spacial score (nSPS) is 28.8. The first kappa shape index (κ1) is 20.9. The number of rotatable bonds is 4. The topological polar surface area (TPSA) is 131 Å². The molecule has 3 heterocycles. The maximum Gasteiger partial charge on any atom is 0.409 e. The summed E-state index contributed by atoms with van der Waals surface area (Å²) in [7, 11) is 4.81. The van der Waals surface area contributed by atoms with Crippen LogP contribution < -0.4 is 16.4 Å². The summed E-state index contributed by atoms with van der Waals surface area (Å²) >= 11 is 0. The van der Waals surface area contributed by atoms with Crippen molar-refractivity contribution in [3.8, 4) is 12.0 Å². The standard InChI is InChI=1S/C18H26N6O5/c1-23(2)18(26)29-12-6-15(28-13(12)9-27-3)24-8-11-7-20-5-4-14(19)22-17(25)16(11)21-10-24/h10,12-15,20H,6-9,19H2,1-3H3,(H,22,25)/t12-,13?,14?,15+/m0/s1. The van der Waals surface area contributed by atoms with Crippen LogP contribution in [0.3, 0.4) is 0 Å². The van der Waals surface area contributed by atoms with E-state index in [4.69, 9.17) is 19.9 Å². The van der Waals surface area contributed by atoms with Gasteiger partial charge in [-0.25, -0.2) is 9.79 Å². The van der Waals surface area contributed by atoms with E-state index in [9.17, 15) is 9.59 Å². The largest absolute Gasteiger partial charge is 0.443 e. The van der Waals surface area contributed by atoms with Crippen LogP contribution in [-0.2, 0) is 19.0 Å². The van der Waals surface area contributed by atoms with Gasteiger partial charge in [-0.15, -0.1) is 0 Å². The van der Waals surface area contributed by atoms with E-state index in [-0.39, 0.29) is 18.7 Å². The fourth-order valence-corrected chi connectivity index (χ4v) is 3.20. The second kappa shape index (κ2) is 9.13. The van der Waals surface area contributed by atoms with Crippen LogP contribution in [0.4, 0.5) is 4.79 Å². The molecule has 0 bridgehead atoms. The summed E-state index contributed by atoms with van der Waals surface area (Å²) in [5.41, 5.74) is 6.79. The number of nitrogens with zero attached hydrogens (tertiary/aromatic N) is 3. The van der Waals surface area contributed by atoms with E-state index in [0.717, 1.165) is 5.57 Å². The predicted molar refractivity (Wildman–Crippen MR) is 103 cm³/mol. The van der Waals surface area contributed by atoms with Gasteiger partial charge >= 0.3 is 6.09 Å². The summed E-state index contributed by atoms with van der Waals surface area (Å²) in [6.45, 7) is 1.07. The van der Waals surface area contributed by atoms with E-state index in [1.165, 1.54) is 4.90 Å². The second-order valence-electron chi connectivity index (χ2n) is 7.08. The number of carbonyl (C=O) groups is 2. The van der Waals surface area contributed by atoms with Crippen molar-refractivity contribution in [3.05, 3.63) is 11.3 Å². The lowest BCUT2D eigenvalue weighted by Crippen LogP contribution is -2.43. The first-order chi connectivity index (χ1) is 13.9. The number of methoxy groups -OCH3 is 1. The smallest absolute Gasteiger partial charge is 0.409 e. The van der Waals surface area contributed by atoms with Gasteiger partial charge in [0.2, 0.25) is 0 Å². The van der Waals surface area contributed by atoms with Crippen molar-refractivity contribution < 1.29 is 23.8 Å². The average Bonchev–Trinajstić information content (AvgIpc) is 3.09. The van der Waals surface area contributed by atoms with Crippen molar-refractivity contribution in [1.29, 1.82) is 0 Å². The van der Waals surface area contributed by atoms with E-state index in [2.05, 4.69) is 27.6 Å². The molecule has 0 saturated carbocycles. The summed E-state index contributed by atoms with van der Waals surface area (Å²) in [4.78, 5) is 31.9. The highest BCUT2D eigenvalue weighted by atomic mass is 16.6. The van der Waals surface area contributed by atoms with Gasteiger partial charge in [-0.05, 0) is 5.92 Å². The van der Waals surface area contributed by atoms with Gasteiger partial charge in [0, 0.05) is 52.3 Å². The molecule has 0 aromatic heterocycles. The van der Waals surface area contributed by atoms with Gasteiger partial charge in [0.15, 0.2) is 0 Å². The maximum atomic E-state index is 12.4. The molecule has 3 aliphatic heterocycles. The van der Waals surface area contributed by atoms with Gasteiger partial charge in [0.1, 0.15) is 30.3 Å². The summed E-state index contributed by atoms with van der Waals surface area (Å²) in [6, 6.07) is 2.72. The number of nitrogens with one attached hydrogen (secondary N) is 2. The van der Waals surface area contributed by atoms with Gasteiger partial charge in [-0.2, -0.15) is 0 Å². The number of ether oxygens (including phenoxy) is 3. The highest BCUT2D eigenvalue weighted by Gasteiger charge is 2.41. The van der Waals surface area contributed by atoms with Crippen LogP contribution in [0.25, 0.3) is 0 Å². The molecule has 158 valence electrons. The molecule has 0 aromatic rings. The number of aliphatic imine (C=N–C) groups is 1. The molecule has 4 N–H and O–H groups in total. The number of amides is 2. The van der Waals surface area contributed by atoms with E-state index in [0.29, 0.717) is 25.2 Å². The lowest BCUT2D eigenvalue weighted by Gasteiger charge is -2.30. The molecule has 11 nitrogen and oxygen atoms in total.